The van der Waals surface area contributed by atoms with Crippen molar-refractivity contribution in [1.29, 1.82) is 0 Å². The maximum Gasteiger partial charge on any atom is 0.0623 e. The maximum atomic E-state index is 6.47. The van der Waals surface area contributed by atoms with Crippen molar-refractivity contribution in [3.05, 3.63) is 35.4 Å². The summed E-state index contributed by atoms with van der Waals surface area (Å²) >= 11 is 0. The van der Waals surface area contributed by atoms with Crippen LogP contribution in [0.2, 0.25) is 0 Å². The molecule has 2 unspecified atom stereocenters. The lowest BCUT2D eigenvalue weighted by molar-refractivity contribution is 0.0119. The van der Waals surface area contributed by atoms with Crippen molar-refractivity contribution < 1.29 is 4.74 Å². The Morgan fingerprint density at radius 2 is 2.11 bits per heavy atom. The van der Waals surface area contributed by atoms with Gasteiger partial charge in [-0.25, -0.2) is 0 Å². The molecule has 0 fully saturated rings. The van der Waals surface area contributed by atoms with E-state index in [2.05, 4.69) is 38.1 Å². The standard InChI is InChI=1S/C17H27NO/c1-17(2,19-3)12-11-16(18)15-10-6-8-13-7-4-5-9-14(13)15/h4-5,7,9,15-16H,6,8,10-12,18H2,1-3H3. The zero-order valence-electron chi connectivity index (χ0n) is 12.5. The van der Waals surface area contributed by atoms with Crippen LogP contribution in [0.5, 0.6) is 0 Å². The highest BCUT2D eigenvalue weighted by molar-refractivity contribution is 5.33. The Morgan fingerprint density at radius 1 is 1.37 bits per heavy atom. The number of hydrogen-bond acceptors (Lipinski definition) is 2. The zero-order valence-corrected chi connectivity index (χ0v) is 12.5. The van der Waals surface area contributed by atoms with Crippen LogP contribution in [0.3, 0.4) is 0 Å². The van der Waals surface area contributed by atoms with Crippen LogP contribution in [-0.2, 0) is 11.2 Å². The normalized spacial score (nSPS) is 20.9. The second kappa shape index (κ2) is 6.06. The van der Waals surface area contributed by atoms with E-state index < -0.39 is 0 Å². The average molecular weight is 261 g/mol. The minimum Gasteiger partial charge on any atom is -0.379 e. The van der Waals surface area contributed by atoms with E-state index in [0.717, 1.165) is 12.8 Å². The molecule has 0 aliphatic heterocycles. The summed E-state index contributed by atoms with van der Waals surface area (Å²) in [6, 6.07) is 9.05. The highest BCUT2D eigenvalue weighted by atomic mass is 16.5. The average Bonchev–Trinajstić information content (AvgIpc) is 2.44. The Kier molecular flexibility index (Phi) is 4.64. The third-order valence-electron chi connectivity index (χ3n) is 4.56. The minimum absolute atomic E-state index is 0.0637. The van der Waals surface area contributed by atoms with E-state index in [1.807, 2.05) is 0 Å². The number of methoxy groups -OCH3 is 1. The van der Waals surface area contributed by atoms with Gasteiger partial charge < -0.3 is 10.5 Å². The summed E-state index contributed by atoms with van der Waals surface area (Å²) in [6.07, 6.45) is 5.75. The SMILES string of the molecule is COC(C)(C)CCC(N)C1CCCc2ccccc21. The third kappa shape index (κ3) is 3.58. The first kappa shape index (κ1) is 14.5. The van der Waals surface area contributed by atoms with Gasteiger partial charge in [-0.1, -0.05) is 24.3 Å². The van der Waals surface area contributed by atoms with Crippen LogP contribution >= 0.6 is 0 Å². The predicted molar refractivity (Wildman–Crippen MR) is 80.4 cm³/mol. The van der Waals surface area contributed by atoms with Gasteiger partial charge in [-0.05, 0) is 63.0 Å². The Morgan fingerprint density at radius 3 is 2.84 bits per heavy atom. The number of ether oxygens (including phenoxy) is 1. The van der Waals surface area contributed by atoms with Crippen LogP contribution < -0.4 is 5.73 Å². The number of hydrogen-bond donors (Lipinski definition) is 1. The minimum atomic E-state index is -0.0637. The van der Waals surface area contributed by atoms with Crippen LogP contribution in [0.25, 0.3) is 0 Å². The second-order valence-corrected chi connectivity index (χ2v) is 6.36. The van der Waals surface area contributed by atoms with E-state index in [4.69, 9.17) is 10.5 Å². The number of nitrogens with two attached hydrogens (primary N) is 1. The topological polar surface area (TPSA) is 35.2 Å². The van der Waals surface area contributed by atoms with Gasteiger partial charge >= 0.3 is 0 Å². The highest BCUT2D eigenvalue weighted by Gasteiger charge is 2.27. The molecule has 0 bridgehead atoms. The predicted octanol–water partition coefficient (Wildman–Crippen LogP) is 3.64. The molecule has 1 aromatic carbocycles. The molecule has 1 aliphatic rings. The summed E-state index contributed by atoms with van der Waals surface area (Å²) in [5.74, 6) is 0.526. The fourth-order valence-corrected chi connectivity index (χ4v) is 3.05. The molecule has 0 spiro atoms. The molecule has 2 N–H and O–H groups in total. The number of fused-ring (bicyclic) bond motifs is 1. The quantitative estimate of drug-likeness (QED) is 0.878. The molecule has 2 nitrogen and oxygen atoms in total. The molecule has 2 heteroatoms. The van der Waals surface area contributed by atoms with Gasteiger partial charge in [0, 0.05) is 13.2 Å². The Balaban J connectivity index is 2.03. The van der Waals surface area contributed by atoms with Crippen molar-refractivity contribution in [1.82, 2.24) is 0 Å². The molecule has 2 atom stereocenters. The van der Waals surface area contributed by atoms with Gasteiger partial charge in [0.05, 0.1) is 5.60 Å². The van der Waals surface area contributed by atoms with E-state index in [1.54, 1.807) is 7.11 Å². The molecule has 0 heterocycles. The van der Waals surface area contributed by atoms with Crippen LogP contribution in [0.1, 0.15) is 56.6 Å². The Hall–Kier alpha value is -0.860. The lowest BCUT2D eigenvalue weighted by Crippen LogP contribution is -2.34. The monoisotopic (exact) mass is 261 g/mol. The first-order chi connectivity index (χ1) is 9.03. The first-order valence-electron chi connectivity index (χ1n) is 7.42. The molecule has 1 aliphatic carbocycles. The van der Waals surface area contributed by atoms with Gasteiger partial charge in [0.15, 0.2) is 0 Å². The van der Waals surface area contributed by atoms with Gasteiger partial charge in [0.2, 0.25) is 0 Å². The number of benzene rings is 1. The maximum absolute atomic E-state index is 6.47. The molecule has 1 aromatic rings. The van der Waals surface area contributed by atoms with Crippen LogP contribution in [0.15, 0.2) is 24.3 Å². The summed E-state index contributed by atoms with van der Waals surface area (Å²) in [6.45, 7) is 4.27. The molecule has 0 amide bonds. The van der Waals surface area contributed by atoms with Crippen molar-refractivity contribution in [3.8, 4) is 0 Å². The van der Waals surface area contributed by atoms with E-state index in [1.165, 1.54) is 30.4 Å². The number of rotatable bonds is 5. The van der Waals surface area contributed by atoms with E-state index in [-0.39, 0.29) is 11.6 Å². The van der Waals surface area contributed by atoms with E-state index in [9.17, 15) is 0 Å². The van der Waals surface area contributed by atoms with Gasteiger partial charge in [-0.3, -0.25) is 0 Å². The number of aryl methyl sites for hydroxylation is 1. The summed E-state index contributed by atoms with van der Waals surface area (Å²) in [4.78, 5) is 0. The third-order valence-corrected chi connectivity index (χ3v) is 4.56. The first-order valence-corrected chi connectivity index (χ1v) is 7.42. The molecule has 0 aromatic heterocycles. The molecule has 2 rings (SSSR count). The van der Waals surface area contributed by atoms with Gasteiger partial charge in [-0.15, -0.1) is 0 Å². The van der Waals surface area contributed by atoms with Crippen LogP contribution in [0.4, 0.5) is 0 Å². The van der Waals surface area contributed by atoms with Crippen LogP contribution in [-0.4, -0.2) is 18.8 Å². The molecule has 106 valence electrons. The van der Waals surface area contributed by atoms with Crippen LogP contribution in [0, 0.1) is 0 Å². The van der Waals surface area contributed by atoms with Gasteiger partial charge in [0.1, 0.15) is 0 Å². The summed E-state index contributed by atoms with van der Waals surface area (Å²) in [7, 11) is 1.78. The summed E-state index contributed by atoms with van der Waals surface area (Å²) in [5.41, 5.74) is 9.39. The fraction of sp³-hybridized carbons (Fsp3) is 0.647. The lowest BCUT2D eigenvalue weighted by Gasteiger charge is -2.32. The summed E-state index contributed by atoms with van der Waals surface area (Å²) < 4.78 is 5.49. The smallest absolute Gasteiger partial charge is 0.0623 e. The van der Waals surface area contributed by atoms with Crippen molar-refractivity contribution in [2.45, 2.75) is 63.5 Å². The highest BCUT2D eigenvalue weighted by Crippen LogP contribution is 2.35. The Bertz CT molecular complexity index is 413. The molecular formula is C17H27NO. The van der Waals surface area contributed by atoms with Crippen molar-refractivity contribution in [2.75, 3.05) is 7.11 Å². The molecule has 0 saturated heterocycles. The van der Waals surface area contributed by atoms with Crippen molar-refractivity contribution in [2.24, 2.45) is 5.73 Å². The zero-order chi connectivity index (χ0) is 13.9. The molecule has 19 heavy (non-hydrogen) atoms. The summed E-state index contributed by atoms with van der Waals surface area (Å²) in [5, 5.41) is 0. The lowest BCUT2D eigenvalue weighted by atomic mass is 9.77. The van der Waals surface area contributed by atoms with E-state index >= 15 is 0 Å². The molecule has 0 radical (unpaired) electrons. The molecular weight excluding hydrogens is 234 g/mol. The van der Waals surface area contributed by atoms with Crippen molar-refractivity contribution >= 4 is 0 Å². The largest absolute Gasteiger partial charge is 0.379 e. The van der Waals surface area contributed by atoms with Gasteiger partial charge in [-0.2, -0.15) is 0 Å². The Labute approximate surface area is 117 Å². The fourth-order valence-electron chi connectivity index (χ4n) is 3.05. The second-order valence-electron chi connectivity index (χ2n) is 6.36. The molecule has 0 saturated carbocycles. The van der Waals surface area contributed by atoms with Crippen molar-refractivity contribution in [3.63, 3.8) is 0 Å². The van der Waals surface area contributed by atoms with Gasteiger partial charge in [0.25, 0.3) is 0 Å². The van der Waals surface area contributed by atoms with E-state index in [0.29, 0.717) is 5.92 Å².